The minimum atomic E-state index is -0.266. The van der Waals surface area contributed by atoms with E-state index in [9.17, 15) is 9.18 Å². The fourth-order valence-corrected chi connectivity index (χ4v) is 4.54. The third kappa shape index (κ3) is 4.37. The average Bonchev–Trinajstić information content (AvgIpc) is 3.00. The molecule has 0 bridgehead atoms. The SMILES string of the molecule is CCn1c(CN2CCCC(Oc3ccc(F)cc3)C2)c(Br)c(=O)n1-c1ccccc1. The third-order valence-electron chi connectivity index (χ3n) is 5.44. The van der Waals surface area contributed by atoms with Crippen molar-refractivity contribution in [3.8, 4) is 11.4 Å². The molecule has 0 saturated carbocycles. The minimum absolute atomic E-state index is 0.0426. The van der Waals surface area contributed by atoms with Gasteiger partial charge in [0.25, 0.3) is 5.56 Å². The number of rotatable bonds is 6. The van der Waals surface area contributed by atoms with Gasteiger partial charge in [0.15, 0.2) is 0 Å². The number of halogens is 2. The average molecular weight is 474 g/mol. The molecule has 1 aliphatic heterocycles. The van der Waals surface area contributed by atoms with Gasteiger partial charge >= 0.3 is 0 Å². The summed E-state index contributed by atoms with van der Waals surface area (Å²) < 4.78 is 23.6. The topological polar surface area (TPSA) is 39.4 Å². The Hall–Kier alpha value is -2.38. The normalized spacial score (nSPS) is 17.2. The van der Waals surface area contributed by atoms with Crippen molar-refractivity contribution in [3.05, 3.63) is 80.9 Å². The largest absolute Gasteiger partial charge is 0.489 e. The Bertz CT molecular complexity index is 1050. The first-order chi connectivity index (χ1) is 14.6. The second-order valence-electron chi connectivity index (χ2n) is 7.50. The van der Waals surface area contributed by atoms with Crippen LogP contribution in [-0.2, 0) is 13.1 Å². The standard InChI is InChI=1S/C23H25BrFN3O2/c1-2-27-21(22(24)23(29)28(27)18-7-4-3-5-8-18)16-26-14-6-9-20(15-26)30-19-12-10-17(25)11-13-19/h3-5,7-8,10-13,20H,2,6,9,14-16H2,1H3. The van der Waals surface area contributed by atoms with E-state index in [0.29, 0.717) is 23.3 Å². The number of hydrogen-bond acceptors (Lipinski definition) is 3. The molecule has 158 valence electrons. The van der Waals surface area contributed by atoms with Crippen molar-refractivity contribution in [2.75, 3.05) is 13.1 Å². The third-order valence-corrected chi connectivity index (χ3v) is 6.24. The van der Waals surface area contributed by atoms with Gasteiger partial charge < -0.3 is 4.74 Å². The molecule has 1 aliphatic rings. The summed E-state index contributed by atoms with van der Waals surface area (Å²) >= 11 is 3.54. The number of likely N-dealkylation sites (tertiary alicyclic amines) is 1. The Kier molecular flexibility index (Phi) is 6.39. The van der Waals surface area contributed by atoms with E-state index in [1.165, 1.54) is 12.1 Å². The van der Waals surface area contributed by atoms with Gasteiger partial charge in [-0.3, -0.25) is 14.4 Å². The van der Waals surface area contributed by atoms with Crippen molar-refractivity contribution in [2.45, 2.75) is 39.0 Å². The number of benzene rings is 2. The van der Waals surface area contributed by atoms with Crippen molar-refractivity contribution in [1.29, 1.82) is 0 Å². The van der Waals surface area contributed by atoms with Crippen molar-refractivity contribution in [2.24, 2.45) is 0 Å². The maximum atomic E-state index is 13.1. The molecular weight excluding hydrogens is 449 g/mol. The number of aromatic nitrogens is 2. The summed E-state index contributed by atoms with van der Waals surface area (Å²) in [6.45, 7) is 5.11. The van der Waals surface area contributed by atoms with Crippen LogP contribution in [0.2, 0.25) is 0 Å². The van der Waals surface area contributed by atoms with E-state index < -0.39 is 0 Å². The second-order valence-corrected chi connectivity index (χ2v) is 8.29. The predicted molar refractivity (Wildman–Crippen MR) is 119 cm³/mol. The van der Waals surface area contributed by atoms with Crippen LogP contribution in [0.1, 0.15) is 25.5 Å². The van der Waals surface area contributed by atoms with Crippen LogP contribution in [0.5, 0.6) is 5.75 Å². The van der Waals surface area contributed by atoms with Gasteiger partial charge in [0, 0.05) is 19.6 Å². The van der Waals surface area contributed by atoms with Crippen molar-refractivity contribution < 1.29 is 9.13 Å². The molecule has 30 heavy (non-hydrogen) atoms. The lowest BCUT2D eigenvalue weighted by atomic mass is 10.1. The van der Waals surface area contributed by atoms with Crippen molar-refractivity contribution >= 4 is 15.9 Å². The first kappa shape index (κ1) is 20.9. The van der Waals surface area contributed by atoms with Gasteiger partial charge in [0.05, 0.1) is 11.4 Å². The molecule has 0 spiro atoms. The molecule has 2 heterocycles. The lowest BCUT2D eigenvalue weighted by molar-refractivity contribution is 0.0824. The molecule has 1 fully saturated rings. The highest BCUT2D eigenvalue weighted by atomic mass is 79.9. The van der Waals surface area contributed by atoms with Gasteiger partial charge in [-0.1, -0.05) is 18.2 Å². The summed E-state index contributed by atoms with van der Waals surface area (Å²) in [5, 5.41) is 0. The van der Waals surface area contributed by atoms with Crippen LogP contribution in [0.4, 0.5) is 4.39 Å². The Morgan fingerprint density at radius 3 is 2.57 bits per heavy atom. The van der Waals surface area contributed by atoms with Crippen LogP contribution >= 0.6 is 15.9 Å². The van der Waals surface area contributed by atoms with Crippen molar-refractivity contribution in [1.82, 2.24) is 14.3 Å². The number of hydrogen-bond donors (Lipinski definition) is 0. The highest BCUT2D eigenvalue weighted by Gasteiger charge is 2.25. The molecule has 4 rings (SSSR count). The van der Waals surface area contributed by atoms with E-state index in [-0.39, 0.29) is 17.5 Å². The van der Waals surface area contributed by atoms with E-state index in [1.807, 2.05) is 41.9 Å². The summed E-state index contributed by atoms with van der Waals surface area (Å²) in [5.74, 6) is 0.420. The van der Waals surface area contributed by atoms with E-state index in [2.05, 4.69) is 20.8 Å². The molecule has 1 saturated heterocycles. The molecule has 0 N–H and O–H groups in total. The van der Waals surface area contributed by atoms with Crippen LogP contribution in [-0.4, -0.2) is 33.5 Å². The van der Waals surface area contributed by atoms with E-state index in [0.717, 1.165) is 37.3 Å². The molecule has 5 nitrogen and oxygen atoms in total. The van der Waals surface area contributed by atoms with Crippen LogP contribution < -0.4 is 10.3 Å². The van der Waals surface area contributed by atoms with E-state index in [4.69, 9.17) is 4.74 Å². The summed E-state index contributed by atoms with van der Waals surface area (Å²) in [4.78, 5) is 15.3. The fraction of sp³-hybridized carbons (Fsp3) is 0.348. The van der Waals surface area contributed by atoms with Gasteiger partial charge in [0.2, 0.25) is 0 Å². The number of nitrogens with zero attached hydrogens (tertiary/aromatic N) is 3. The Labute approximate surface area is 183 Å². The fourth-order valence-electron chi connectivity index (χ4n) is 4.04. The molecule has 1 aromatic heterocycles. The van der Waals surface area contributed by atoms with Crippen LogP contribution in [0.25, 0.3) is 5.69 Å². The smallest absolute Gasteiger partial charge is 0.286 e. The van der Waals surface area contributed by atoms with E-state index >= 15 is 0 Å². The highest BCUT2D eigenvalue weighted by Crippen LogP contribution is 2.23. The zero-order valence-electron chi connectivity index (χ0n) is 16.9. The van der Waals surface area contributed by atoms with Gasteiger partial charge in [0.1, 0.15) is 22.1 Å². The summed E-state index contributed by atoms with van der Waals surface area (Å²) in [6, 6.07) is 15.9. The predicted octanol–water partition coefficient (Wildman–Crippen LogP) is 4.60. The Morgan fingerprint density at radius 2 is 1.87 bits per heavy atom. The zero-order chi connectivity index (χ0) is 21.1. The quantitative estimate of drug-likeness (QED) is 0.524. The zero-order valence-corrected chi connectivity index (χ0v) is 18.5. The van der Waals surface area contributed by atoms with Crippen LogP contribution in [0.3, 0.4) is 0 Å². The molecule has 0 aliphatic carbocycles. The second kappa shape index (κ2) is 9.18. The molecule has 2 aromatic carbocycles. The first-order valence-electron chi connectivity index (χ1n) is 10.3. The van der Waals surface area contributed by atoms with E-state index in [1.54, 1.807) is 16.8 Å². The number of ether oxygens (including phenoxy) is 1. The lowest BCUT2D eigenvalue weighted by Gasteiger charge is -2.33. The molecule has 7 heteroatoms. The van der Waals surface area contributed by atoms with Crippen LogP contribution in [0, 0.1) is 5.82 Å². The monoisotopic (exact) mass is 473 g/mol. The molecule has 0 radical (unpaired) electrons. The molecule has 1 unspecified atom stereocenters. The maximum absolute atomic E-state index is 13.1. The molecule has 1 atom stereocenters. The number of para-hydroxylation sites is 1. The van der Waals surface area contributed by atoms with Gasteiger partial charge in [-0.2, -0.15) is 0 Å². The van der Waals surface area contributed by atoms with Gasteiger partial charge in [-0.05, 0) is 78.6 Å². The summed E-state index contributed by atoms with van der Waals surface area (Å²) in [5.41, 5.74) is 1.77. The molecular formula is C23H25BrFN3O2. The summed E-state index contributed by atoms with van der Waals surface area (Å²) in [7, 11) is 0. The van der Waals surface area contributed by atoms with Crippen LogP contribution in [0.15, 0.2) is 63.9 Å². The Morgan fingerprint density at radius 1 is 1.13 bits per heavy atom. The number of piperidine rings is 1. The lowest BCUT2D eigenvalue weighted by Crippen LogP contribution is -2.41. The first-order valence-corrected chi connectivity index (χ1v) is 11.1. The molecule has 0 amide bonds. The Balaban J connectivity index is 1.53. The minimum Gasteiger partial charge on any atom is -0.489 e. The van der Waals surface area contributed by atoms with Gasteiger partial charge in [-0.15, -0.1) is 0 Å². The highest BCUT2D eigenvalue weighted by molar-refractivity contribution is 9.10. The molecule has 3 aromatic rings. The van der Waals surface area contributed by atoms with Gasteiger partial charge in [-0.25, -0.2) is 9.07 Å². The van der Waals surface area contributed by atoms with Crippen molar-refractivity contribution in [3.63, 3.8) is 0 Å². The maximum Gasteiger partial charge on any atom is 0.286 e. The summed E-state index contributed by atoms with van der Waals surface area (Å²) in [6.07, 6.45) is 2.01.